The van der Waals surface area contributed by atoms with Gasteiger partial charge in [0.15, 0.2) is 0 Å². The maximum absolute atomic E-state index is 12.5. The molecule has 1 fully saturated rings. The molecule has 130 valence electrons. The molecule has 0 aliphatic carbocycles. The second-order valence-electron chi connectivity index (χ2n) is 6.44. The van der Waals surface area contributed by atoms with Gasteiger partial charge in [0, 0.05) is 18.1 Å². The summed E-state index contributed by atoms with van der Waals surface area (Å²) in [7, 11) is 0. The summed E-state index contributed by atoms with van der Waals surface area (Å²) in [5.74, 6) is -0.810. The zero-order valence-electron chi connectivity index (χ0n) is 13.8. The summed E-state index contributed by atoms with van der Waals surface area (Å²) in [6, 6.07) is 16.6. The second kappa shape index (κ2) is 7.28. The van der Waals surface area contributed by atoms with Gasteiger partial charge in [-0.3, -0.25) is 9.59 Å². The van der Waals surface area contributed by atoms with Crippen molar-refractivity contribution >= 4 is 23.5 Å². The Hall–Kier alpha value is -2.33. The topological polar surface area (TPSA) is 57.6 Å². The number of likely N-dealkylation sites (tertiary alicyclic amines) is 1. The van der Waals surface area contributed by atoms with Crippen molar-refractivity contribution in [1.82, 2.24) is 4.90 Å². The van der Waals surface area contributed by atoms with E-state index in [-0.39, 0.29) is 12.3 Å². The van der Waals surface area contributed by atoms with Gasteiger partial charge >= 0.3 is 5.97 Å². The van der Waals surface area contributed by atoms with Crippen LogP contribution < -0.4 is 0 Å². The van der Waals surface area contributed by atoms with Crippen LogP contribution in [0.1, 0.15) is 24.0 Å². The summed E-state index contributed by atoms with van der Waals surface area (Å²) in [6.45, 7) is 0.890. The number of piperidine rings is 1. The van der Waals surface area contributed by atoms with Crippen molar-refractivity contribution < 1.29 is 14.7 Å². The zero-order valence-corrected chi connectivity index (χ0v) is 14.6. The summed E-state index contributed by atoms with van der Waals surface area (Å²) in [6.07, 6.45) is 1.13. The fourth-order valence-electron chi connectivity index (χ4n) is 3.45. The van der Waals surface area contributed by atoms with Gasteiger partial charge in [-0.1, -0.05) is 54.1 Å². The van der Waals surface area contributed by atoms with Crippen molar-refractivity contribution in [3.8, 4) is 0 Å². The predicted molar refractivity (Wildman–Crippen MR) is 96.7 cm³/mol. The van der Waals surface area contributed by atoms with Gasteiger partial charge in [-0.2, -0.15) is 0 Å². The third kappa shape index (κ3) is 3.69. The van der Waals surface area contributed by atoms with Crippen LogP contribution in [-0.4, -0.2) is 35.0 Å². The second-order valence-corrected chi connectivity index (χ2v) is 6.88. The number of benzene rings is 2. The molecule has 0 spiro atoms. The maximum Gasteiger partial charge on any atom is 0.314 e. The number of hydrogen-bond acceptors (Lipinski definition) is 2. The number of hydrogen-bond donors (Lipinski definition) is 1. The smallest absolute Gasteiger partial charge is 0.314 e. The Kier molecular flexibility index (Phi) is 5.09. The van der Waals surface area contributed by atoms with E-state index in [0.29, 0.717) is 31.0 Å². The third-order valence-electron chi connectivity index (χ3n) is 4.95. The van der Waals surface area contributed by atoms with Crippen molar-refractivity contribution in [1.29, 1.82) is 0 Å². The number of aliphatic carboxylic acids is 1. The fourth-order valence-corrected chi connectivity index (χ4v) is 3.67. The van der Waals surface area contributed by atoms with Gasteiger partial charge in [0.25, 0.3) is 0 Å². The lowest BCUT2D eigenvalue weighted by Gasteiger charge is -2.39. The van der Waals surface area contributed by atoms with Crippen LogP contribution in [0.4, 0.5) is 0 Å². The van der Waals surface area contributed by atoms with Crippen LogP contribution in [0, 0.1) is 0 Å². The molecule has 0 unspecified atom stereocenters. The Labute approximate surface area is 152 Å². The number of amides is 1. The van der Waals surface area contributed by atoms with Gasteiger partial charge in [-0.15, -0.1) is 0 Å². The Morgan fingerprint density at radius 3 is 2.32 bits per heavy atom. The first-order chi connectivity index (χ1) is 12.0. The summed E-state index contributed by atoms with van der Waals surface area (Å²) in [5.41, 5.74) is 0.772. The largest absolute Gasteiger partial charge is 0.481 e. The van der Waals surface area contributed by atoms with Crippen molar-refractivity contribution in [2.45, 2.75) is 24.7 Å². The number of nitrogens with zero attached hydrogens (tertiary/aromatic N) is 1. The molecule has 3 rings (SSSR count). The van der Waals surface area contributed by atoms with E-state index in [0.717, 1.165) is 11.1 Å². The number of halogens is 1. The highest BCUT2D eigenvalue weighted by Gasteiger charge is 2.43. The molecule has 25 heavy (non-hydrogen) atoms. The van der Waals surface area contributed by atoms with E-state index in [1.807, 2.05) is 42.5 Å². The summed E-state index contributed by atoms with van der Waals surface area (Å²) in [5, 5.41) is 10.4. The predicted octanol–water partition coefficient (Wildman–Crippen LogP) is 3.53. The van der Waals surface area contributed by atoms with E-state index in [9.17, 15) is 14.7 Å². The molecule has 2 aromatic rings. The lowest BCUT2D eigenvalue weighted by molar-refractivity contribution is -0.148. The first-order valence-corrected chi connectivity index (χ1v) is 8.70. The lowest BCUT2D eigenvalue weighted by Crippen LogP contribution is -2.49. The summed E-state index contributed by atoms with van der Waals surface area (Å²) >= 11 is 5.96. The number of carboxylic acids is 1. The Bertz CT molecular complexity index is 768. The highest BCUT2D eigenvalue weighted by atomic mass is 35.5. The average molecular weight is 358 g/mol. The van der Waals surface area contributed by atoms with Crippen LogP contribution in [0.15, 0.2) is 54.6 Å². The minimum atomic E-state index is -0.909. The molecule has 0 bridgehead atoms. The number of carbonyl (C=O) groups excluding carboxylic acids is 1. The van der Waals surface area contributed by atoms with Crippen molar-refractivity contribution in [3.63, 3.8) is 0 Å². The van der Waals surface area contributed by atoms with E-state index in [2.05, 4.69) is 0 Å². The normalized spacial score (nSPS) is 16.4. The number of rotatable bonds is 4. The number of carboxylic acid groups (broad SMARTS) is 1. The van der Waals surface area contributed by atoms with Crippen LogP contribution in [0.3, 0.4) is 0 Å². The Morgan fingerprint density at radius 1 is 1.04 bits per heavy atom. The highest BCUT2D eigenvalue weighted by molar-refractivity contribution is 6.30. The van der Waals surface area contributed by atoms with E-state index >= 15 is 0 Å². The Morgan fingerprint density at radius 2 is 1.72 bits per heavy atom. The van der Waals surface area contributed by atoms with Gasteiger partial charge in [0.1, 0.15) is 0 Å². The van der Waals surface area contributed by atoms with Gasteiger partial charge in [-0.25, -0.2) is 0 Å². The molecule has 0 saturated carbocycles. The van der Waals surface area contributed by atoms with Crippen LogP contribution >= 0.6 is 11.6 Å². The molecule has 0 radical (unpaired) electrons. The first-order valence-electron chi connectivity index (χ1n) is 8.32. The van der Waals surface area contributed by atoms with E-state index in [1.165, 1.54) is 0 Å². The molecule has 1 aliphatic rings. The van der Waals surface area contributed by atoms with E-state index in [1.54, 1.807) is 17.0 Å². The molecule has 2 aromatic carbocycles. The van der Waals surface area contributed by atoms with Crippen LogP contribution in [0.2, 0.25) is 5.02 Å². The Balaban J connectivity index is 1.70. The van der Waals surface area contributed by atoms with Crippen molar-refractivity contribution in [3.05, 3.63) is 70.7 Å². The van der Waals surface area contributed by atoms with Crippen LogP contribution in [-0.2, 0) is 21.4 Å². The quantitative estimate of drug-likeness (QED) is 0.910. The minimum absolute atomic E-state index is 0.00863. The van der Waals surface area contributed by atoms with E-state index in [4.69, 9.17) is 11.6 Å². The van der Waals surface area contributed by atoms with Gasteiger partial charge < -0.3 is 10.0 Å². The first kappa shape index (κ1) is 17.5. The molecule has 1 amide bonds. The SMILES string of the molecule is O=C(Cc1cccc(Cl)c1)N1CCC(C(=O)O)(c2ccccc2)CC1. The molecule has 1 heterocycles. The summed E-state index contributed by atoms with van der Waals surface area (Å²) in [4.78, 5) is 26.3. The lowest BCUT2D eigenvalue weighted by atomic mass is 9.73. The van der Waals surface area contributed by atoms with Gasteiger partial charge in [0.2, 0.25) is 5.91 Å². The summed E-state index contributed by atoms with van der Waals surface area (Å²) < 4.78 is 0. The molecule has 1 N–H and O–H groups in total. The molecule has 1 aliphatic heterocycles. The van der Waals surface area contributed by atoms with Crippen LogP contribution in [0.25, 0.3) is 0 Å². The van der Waals surface area contributed by atoms with Crippen LogP contribution in [0.5, 0.6) is 0 Å². The minimum Gasteiger partial charge on any atom is -0.481 e. The van der Waals surface area contributed by atoms with E-state index < -0.39 is 11.4 Å². The monoisotopic (exact) mass is 357 g/mol. The van der Waals surface area contributed by atoms with Gasteiger partial charge in [-0.05, 0) is 36.1 Å². The molecular formula is C20H20ClNO3. The van der Waals surface area contributed by atoms with Gasteiger partial charge in [0.05, 0.1) is 11.8 Å². The highest BCUT2D eigenvalue weighted by Crippen LogP contribution is 2.36. The third-order valence-corrected chi connectivity index (χ3v) is 5.18. The molecule has 0 aromatic heterocycles. The maximum atomic E-state index is 12.5. The molecule has 1 saturated heterocycles. The standard InChI is InChI=1S/C20H20ClNO3/c21-17-8-4-5-15(13-17)14-18(23)22-11-9-20(10-12-22,19(24)25)16-6-2-1-3-7-16/h1-8,13H,9-12,14H2,(H,24,25). The van der Waals surface area contributed by atoms with Crippen molar-refractivity contribution in [2.24, 2.45) is 0 Å². The average Bonchev–Trinajstić information content (AvgIpc) is 2.62. The molecule has 4 nitrogen and oxygen atoms in total. The molecule has 5 heteroatoms. The fraction of sp³-hybridized carbons (Fsp3) is 0.300. The zero-order chi connectivity index (χ0) is 17.9. The molecular weight excluding hydrogens is 338 g/mol. The number of carbonyl (C=O) groups is 2. The molecule has 0 atom stereocenters. The van der Waals surface area contributed by atoms with Crippen molar-refractivity contribution in [2.75, 3.05) is 13.1 Å².